The van der Waals surface area contributed by atoms with Crippen LogP contribution in [0.5, 0.6) is 0 Å². The molecule has 1 saturated heterocycles. The number of hydrogen-bond acceptors (Lipinski definition) is 6. The first-order chi connectivity index (χ1) is 10.8. The molecule has 0 saturated carbocycles. The number of amides is 1. The quantitative estimate of drug-likeness (QED) is 0.845. The van der Waals surface area contributed by atoms with Crippen LogP contribution in [0, 0.1) is 0 Å². The number of hydrogen-bond donors (Lipinski definition) is 1. The van der Waals surface area contributed by atoms with Crippen LogP contribution in [0.25, 0.3) is 0 Å². The van der Waals surface area contributed by atoms with Crippen molar-refractivity contribution >= 4 is 5.91 Å². The zero-order valence-electron chi connectivity index (χ0n) is 14.6. The average molecular weight is 324 g/mol. The van der Waals surface area contributed by atoms with Gasteiger partial charge in [0.05, 0.1) is 13.2 Å². The normalized spacial score (nSPS) is 17.9. The van der Waals surface area contributed by atoms with Crippen LogP contribution < -0.4 is 5.32 Å². The third kappa shape index (κ3) is 5.91. The molecule has 23 heavy (non-hydrogen) atoms. The van der Waals surface area contributed by atoms with E-state index in [4.69, 9.17) is 9.26 Å². The highest BCUT2D eigenvalue weighted by atomic mass is 16.5. The molecule has 0 unspecified atom stereocenters. The molecule has 0 bridgehead atoms. The molecule has 0 aromatic carbocycles. The predicted octanol–water partition coefficient (Wildman–Crippen LogP) is 1.14. The Kier molecular flexibility index (Phi) is 6.12. The Morgan fingerprint density at radius 1 is 1.35 bits per heavy atom. The molecule has 7 nitrogen and oxygen atoms in total. The molecule has 1 atom stereocenters. The van der Waals surface area contributed by atoms with Gasteiger partial charge in [0.2, 0.25) is 11.8 Å². The number of nitrogens with zero attached hydrogens (tertiary/aromatic N) is 3. The standard InChI is InChI=1S/C16H28N4O3/c1-12(11-20-7-9-22-10-8-20)17-13(21)5-6-14-18-15(19-23-14)16(2,3)4/h12H,5-11H2,1-4H3,(H,17,21)/t12-/m1/s1. The SMILES string of the molecule is C[C@H](CN1CCOCC1)NC(=O)CCc1nc(C(C)(C)C)no1. The minimum atomic E-state index is -0.142. The number of morpholine rings is 1. The fourth-order valence-corrected chi connectivity index (χ4v) is 2.45. The summed E-state index contributed by atoms with van der Waals surface area (Å²) in [6.45, 7) is 12.4. The molecule has 0 radical (unpaired) electrons. The zero-order valence-corrected chi connectivity index (χ0v) is 14.6. The van der Waals surface area contributed by atoms with Crippen molar-refractivity contribution in [3.05, 3.63) is 11.7 Å². The minimum Gasteiger partial charge on any atom is -0.379 e. The topological polar surface area (TPSA) is 80.5 Å². The predicted molar refractivity (Wildman–Crippen MR) is 86.2 cm³/mol. The molecule has 1 aliphatic rings. The van der Waals surface area contributed by atoms with E-state index in [1.165, 1.54) is 0 Å². The molecule has 0 aliphatic carbocycles. The maximum absolute atomic E-state index is 12.0. The molecule has 2 heterocycles. The van der Waals surface area contributed by atoms with E-state index in [1.54, 1.807) is 0 Å². The van der Waals surface area contributed by atoms with Crippen LogP contribution in [0.1, 0.15) is 45.8 Å². The second-order valence-corrected chi connectivity index (χ2v) is 7.14. The molecule has 1 N–H and O–H groups in total. The molecular weight excluding hydrogens is 296 g/mol. The molecule has 1 aromatic rings. The van der Waals surface area contributed by atoms with Gasteiger partial charge in [0.15, 0.2) is 5.82 Å². The van der Waals surface area contributed by atoms with Gasteiger partial charge in [0, 0.05) is 43.9 Å². The summed E-state index contributed by atoms with van der Waals surface area (Å²) in [4.78, 5) is 18.7. The van der Waals surface area contributed by atoms with Gasteiger partial charge >= 0.3 is 0 Å². The fourth-order valence-electron chi connectivity index (χ4n) is 2.45. The largest absolute Gasteiger partial charge is 0.379 e. The molecule has 2 rings (SSSR count). The summed E-state index contributed by atoms with van der Waals surface area (Å²) in [6.07, 6.45) is 0.832. The molecule has 7 heteroatoms. The average Bonchev–Trinajstić information content (AvgIpc) is 2.95. The van der Waals surface area contributed by atoms with Crippen molar-refractivity contribution in [2.75, 3.05) is 32.8 Å². The molecule has 1 aromatic heterocycles. The highest BCUT2D eigenvalue weighted by Gasteiger charge is 2.21. The summed E-state index contributed by atoms with van der Waals surface area (Å²) < 4.78 is 10.5. The van der Waals surface area contributed by atoms with Crippen LogP contribution in [-0.4, -0.2) is 59.8 Å². The Balaban J connectivity index is 1.71. The first-order valence-electron chi connectivity index (χ1n) is 8.27. The van der Waals surface area contributed by atoms with Crippen molar-refractivity contribution < 1.29 is 14.1 Å². The maximum Gasteiger partial charge on any atom is 0.227 e. The van der Waals surface area contributed by atoms with E-state index >= 15 is 0 Å². The lowest BCUT2D eigenvalue weighted by Crippen LogP contribution is -2.46. The molecule has 1 amide bonds. The van der Waals surface area contributed by atoms with Crippen LogP contribution in [0.4, 0.5) is 0 Å². The lowest BCUT2D eigenvalue weighted by Gasteiger charge is -2.29. The number of nitrogens with one attached hydrogen (secondary N) is 1. The van der Waals surface area contributed by atoms with Crippen LogP contribution in [0.3, 0.4) is 0 Å². The van der Waals surface area contributed by atoms with Crippen molar-refractivity contribution in [1.29, 1.82) is 0 Å². The monoisotopic (exact) mass is 324 g/mol. The summed E-state index contributed by atoms with van der Waals surface area (Å²) in [5.41, 5.74) is -0.142. The number of rotatable bonds is 6. The van der Waals surface area contributed by atoms with Crippen molar-refractivity contribution in [1.82, 2.24) is 20.4 Å². The number of aromatic nitrogens is 2. The summed E-state index contributed by atoms with van der Waals surface area (Å²) in [6, 6.07) is 0.119. The number of carbonyl (C=O) groups is 1. The molecular formula is C16H28N4O3. The second kappa shape index (κ2) is 7.88. The Hall–Kier alpha value is -1.47. The Labute approximate surface area is 137 Å². The maximum atomic E-state index is 12.0. The smallest absolute Gasteiger partial charge is 0.227 e. The highest BCUT2D eigenvalue weighted by molar-refractivity contribution is 5.76. The molecule has 1 fully saturated rings. The van der Waals surface area contributed by atoms with E-state index in [0.29, 0.717) is 24.6 Å². The van der Waals surface area contributed by atoms with Crippen LogP contribution >= 0.6 is 0 Å². The lowest BCUT2D eigenvalue weighted by atomic mass is 9.96. The lowest BCUT2D eigenvalue weighted by molar-refractivity contribution is -0.121. The zero-order chi connectivity index (χ0) is 16.9. The van der Waals surface area contributed by atoms with E-state index in [9.17, 15) is 4.79 Å². The van der Waals surface area contributed by atoms with E-state index in [2.05, 4.69) is 20.4 Å². The molecule has 1 aliphatic heterocycles. The van der Waals surface area contributed by atoms with Crippen molar-refractivity contribution in [2.45, 2.75) is 52.0 Å². The van der Waals surface area contributed by atoms with Gasteiger partial charge in [-0.25, -0.2) is 0 Å². The summed E-state index contributed by atoms with van der Waals surface area (Å²) in [5.74, 6) is 1.21. The Bertz CT molecular complexity index is 504. The fraction of sp³-hybridized carbons (Fsp3) is 0.812. The number of ether oxygens (including phenoxy) is 1. The Morgan fingerprint density at radius 2 is 2.04 bits per heavy atom. The van der Waals surface area contributed by atoms with Gasteiger partial charge in [-0.2, -0.15) is 4.98 Å². The van der Waals surface area contributed by atoms with Gasteiger partial charge in [-0.1, -0.05) is 25.9 Å². The third-order valence-electron chi connectivity index (χ3n) is 3.75. The number of carbonyl (C=O) groups excluding carboxylic acids is 1. The first-order valence-corrected chi connectivity index (χ1v) is 8.27. The van der Waals surface area contributed by atoms with Crippen LogP contribution in [0.15, 0.2) is 4.52 Å². The summed E-state index contributed by atoms with van der Waals surface area (Å²) in [7, 11) is 0. The van der Waals surface area contributed by atoms with Crippen LogP contribution in [-0.2, 0) is 21.4 Å². The van der Waals surface area contributed by atoms with Gasteiger partial charge in [-0.3, -0.25) is 9.69 Å². The van der Waals surface area contributed by atoms with Gasteiger partial charge in [0.25, 0.3) is 0 Å². The minimum absolute atomic E-state index is 0.0151. The van der Waals surface area contributed by atoms with Gasteiger partial charge < -0.3 is 14.6 Å². The summed E-state index contributed by atoms with van der Waals surface area (Å²) >= 11 is 0. The van der Waals surface area contributed by atoms with Crippen molar-refractivity contribution in [3.63, 3.8) is 0 Å². The van der Waals surface area contributed by atoms with Gasteiger partial charge in [0.1, 0.15) is 0 Å². The van der Waals surface area contributed by atoms with Gasteiger partial charge in [-0.05, 0) is 6.92 Å². The highest BCUT2D eigenvalue weighted by Crippen LogP contribution is 2.18. The first kappa shape index (κ1) is 17.9. The van der Waals surface area contributed by atoms with E-state index in [-0.39, 0.29) is 17.4 Å². The van der Waals surface area contributed by atoms with Crippen molar-refractivity contribution in [2.24, 2.45) is 0 Å². The Morgan fingerprint density at radius 3 is 2.65 bits per heavy atom. The summed E-state index contributed by atoms with van der Waals surface area (Å²) in [5, 5.41) is 6.99. The third-order valence-corrected chi connectivity index (χ3v) is 3.75. The van der Waals surface area contributed by atoms with E-state index in [1.807, 2.05) is 27.7 Å². The second-order valence-electron chi connectivity index (χ2n) is 7.14. The van der Waals surface area contributed by atoms with Gasteiger partial charge in [-0.15, -0.1) is 0 Å². The molecule has 130 valence electrons. The van der Waals surface area contributed by atoms with E-state index in [0.717, 1.165) is 32.8 Å². The number of aryl methyl sites for hydroxylation is 1. The van der Waals surface area contributed by atoms with Crippen molar-refractivity contribution in [3.8, 4) is 0 Å². The van der Waals surface area contributed by atoms with Crippen LogP contribution in [0.2, 0.25) is 0 Å². The molecule has 0 spiro atoms. The van der Waals surface area contributed by atoms with E-state index < -0.39 is 0 Å².